The lowest BCUT2D eigenvalue weighted by Crippen LogP contribution is -2.29. The first-order chi connectivity index (χ1) is 8.92. The molecule has 0 bridgehead atoms. The zero-order valence-electron chi connectivity index (χ0n) is 12.6. The van der Waals surface area contributed by atoms with Crippen LogP contribution in [0.1, 0.15) is 35.3 Å². The van der Waals surface area contributed by atoms with Gasteiger partial charge in [-0.1, -0.05) is 13.8 Å². The Morgan fingerprint density at radius 1 is 1.21 bits per heavy atom. The van der Waals surface area contributed by atoms with Crippen molar-refractivity contribution in [2.45, 2.75) is 33.7 Å². The van der Waals surface area contributed by atoms with Crippen LogP contribution in [0.15, 0.2) is 6.07 Å². The van der Waals surface area contributed by atoms with Crippen LogP contribution in [0.3, 0.4) is 0 Å². The summed E-state index contributed by atoms with van der Waals surface area (Å²) in [6.45, 7) is 8.19. The summed E-state index contributed by atoms with van der Waals surface area (Å²) >= 11 is 0. The van der Waals surface area contributed by atoms with Gasteiger partial charge in [0.15, 0.2) is 5.78 Å². The second kappa shape index (κ2) is 6.57. The van der Waals surface area contributed by atoms with E-state index in [2.05, 4.69) is 5.32 Å². The average molecular weight is 265 g/mol. The van der Waals surface area contributed by atoms with Gasteiger partial charge in [-0.2, -0.15) is 0 Å². The third-order valence-electron chi connectivity index (χ3n) is 3.19. The van der Waals surface area contributed by atoms with Crippen LogP contribution in [-0.2, 0) is 0 Å². The minimum atomic E-state index is 0.00644. The molecule has 0 heterocycles. The summed E-state index contributed by atoms with van der Waals surface area (Å²) in [5, 5.41) is 3.12. The Morgan fingerprint density at radius 2 is 1.84 bits per heavy atom. The van der Waals surface area contributed by atoms with Gasteiger partial charge in [0.2, 0.25) is 0 Å². The third-order valence-corrected chi connectivity index (χ3v) is 3.19. The topological polar surface area (TPSA) is 47.6 Å². The molecule has 0 aliphatic rings. The van der Waals surface area contributed by atoms with E-state index in [9.17, 15) is 4.79 Å². The average Bonchev–Trinajstić information content (AvgIpc) is 2.38. The fourth-order valence-electron chi connectivity index (χ4n) is 1.94. The summed E-state index contributed by atoms with van der Waals surface area (Å²) in [7, 11) is 3.19. The summed E-state index contributed by atoms with van der Waals surface area (Å²) in [5.74, 6) is 1.35. The lowest BCUT2D eigenvalue weighted by atomic mass is 10.00. The lowest BCUT2D eigenvalue weighted by Gasteiger charge is -2.16. The van der Waals surface area contributed by atoms with Crippen LogP contribution in [0.4, 0.5) is 0 Å². The number of ether oxygens (including phenoxy) is 2. The number of ketones is 1. The quantitative estimate of drug-likeness (QED) is 0.803. The van der Waals surface area contributed by atoms with E-state index in [0.717, 1.165) is 11.1 Å². The maximum Gasteiger partial charge on any atom is 0.180 e. The van der Waals surface area contributed by atoms with Gasteiger partial charge in [-0.25, -0.2) is 0 Å². The van der Waals surface area contributed by atoms with Crippen LogP contribution in [0, 0.1) is 13.8 Å². The van der Waals surface area contributed by atoms with Crippen molar-refractivity contribution in [3.8, 4) is 11.5 Å². The number of carbonyl (C=O) groups is 1. The molecule has 0 radical (unpaired) electrons. The maximum atomic E-state index is 12.3. The van der Waals surface area contributed by atoms with Crippen LogP contribution in [0.25, 0.3) is 0 Å². The molecular formula is C15H23NO3. The van der Waals surface area contributed by atoms with E-state index in [1.165, 1.54) is 0 Å². The van der Waals surface area contributed by atoms with E-state index in [-0.39, 0.29) is 11.8 Å². The van der Waals surface area contributed by atoms with E-state index in [0.29, 0.717) is 23.6 Å². The molecule has 106 valence electrons. The van der Waals surface area contributed by atoms with Crippen molar-refractivity contribution in [2.75, 3.05) is 20.8 Å². The number of methoxy groups -OCH3 is 2. The first-order valence-electron chi connectivity index (χ1n) is 6.41. The molecule has 1 aromatic rings. The Kier molecular flexibility index (Phi) is 5.36. The highest BCUT2D eigenvalue weighted by molar-refractivity contribution is 6.01. The molecule has 4 nitrogen and oxygen atoms in total. The Hall–Kier alpha value is -1.55. The second-order valence-corrected chi connectivity index (χ2v) is 4.87. The van der Waals surface area contributed by atoms with Crippen molar-refractivity contribution in [1.82, 2.24) is 5.32 Å². The highest BCUT2D eigenvalue weighted by Crippen LogP contribution is 2.33. The molecule has 0 atom stereocenters. The van der Waals surface area contributed by atoms with Crippen molar-refractivity contribution >= 4 is 5.78 Å². The molecular weight excluding hydrogens is 242 g/mol. The van der Waals surface area contributed by atoms with Crippen LogP contribution >= 0.6 is 0 Å². The Balaban J connectivity index is 3.18. The molecule has 0 aliphatic heterocycles. The number of hydrogen-bond acceptors (Lipinski definition) is 4. The molecule has 19 heavy (non-hydrogen) atoms. The van der Waals surface area contributed by atoms with Crippen molar-refractivity contribution in [1.29, 1.82) is 0 Å². The van der Waals surface area contributed by atoms with Gasteiger partial charge in [0.05, 0.1) is 26.3 Å². The van der Waals surface area contributed by atoms with Gasteiger partial charge in [0.25, 0.3) is 0 Å². The number of hydrogen-bond donors (Lipinski definition) is 1. The van der Waals surface area contributed by atoms with E-state index in [1.54, 1.807) is 20.3 Å². The van der Waals surface area contributed by atoms with Crippen LogP contribution < -0.4 is 14.8 Å². The van der Waals surface area contributed by atoms with Gasteiger partial charge in [-0.05, 0) is 31.0 Å². The van der Waals surface area contributed by atoms with Gasteiger partial charge in [0, 0.05) is 6.04 Å². The number of rotatable bonds is 6. The molecule has 1 N–H and O–H groups in total. The predicted molar refractivity (Wildman–Crippen MR) is 76.5 cm³/mol. The minimum Gasteiger partial charge on any atom is -0.496 e. The minimum absolute atomic E-state index is 0.00644. The molecule has 1 rings (SSSR count). The van der Waals surface area contributed by atoms with Crippen molar-refractivity contribution in [3.05, 3.63) is 22.8 Å². The Morgan fingerprint density at radius 3 is 2.32 bits per heavy atom. The van der Waals surface area contributed by atoms with Crippen molar-refractivity contribution < 1.29 is 14.3 Å². The predicted octanol–water partition coefficient (Wildman–Crippen LogP) is 2.50. The molecule has 0 aliphatic carbocycles. The summed E-state index contributed by atoms with van der Waals surface area (Å²) in [4.78, 5) is 12.3. The maximum absolute atomic E-state index is 12.3. The Labute approximate surface area is 115 Å². The fraction of sp³-hybridized carbons (Fsp3) is 0.533. The zero-order chi connectivity index (χ0) is 14.6. The number of benzene rings is 1. The lowest BCUT2D eigenvalue weighted by molar-refractivity contribution is 0.0985. The first kappa shape index (κ1) is 15.5. The van der Waals surface area contributed by atoms with Crippen molar-refractivity contribution in [2.24, 2.45) is 0 Å². The molecule has 4 heteroatoms. The monoisotopic (exact) mass is 265 g/mol. The van der Waals surface area contributed by atoms with Gasteiger partial charge in [-0.3, -0.25) is 4.79 Å². The molecule has 0 saturated carbocycles. The van der Waals surface area contributed by atoms with Crippen LogP contribution in [-0.4, -0.2) is 32.6 Å². The highest BCUT2D eigenvalue weighted by atomic mass is 16.5. The molecule has 1 aromatic carbocycles. The standard InChI is InChI=1S/C15H23NO3/c1-9(2)16-8-13(17)12-7-14(18-5)10(3)11(4)15(12)19-6/h7,9,16H,8H2,1-6H3. The smallest absolute Gasteiger partial charge is 0.180 e. The van der Waals surface area contributed by atoms with Crippen LogP contribution in [0.2, 0.25) is 0 Å². The fourth-order valence-corrected chi connectivity index (χ4v) is 1.94. The SMILES string of the molecule is COc1cc(C(=O)CNC(C)C)c(OC)c(C)c1C. The number of Topliss-reactive ketones (excluding diaryl/α,β-unsaturated/α-hetero) is 1. The zero-order valence-corrected chi connectivity index (χ0v) is 12.6. The molecule has 0 fully saturated rings. The third kappa shape index (κ3) is 3.47. The van der Waals surface area contributed by atoms with Gasteiger partial charge < -0.3 is 14.8 Å². The number of carbonyl (C=O) groups excluding carboxylic acids is 1. The van der Waals surface area contributed by atoms with E-state index < -0.39 is 0 Å². The number of nitrogens with one attached hydrogen (secondary N) is 1. The molecule has 0 saturated heterocycles. The summed E-state index contributed by atoms with van der Waals surface area (Å²) in [6, 6.07) is 2.02. The van der Waals surface area contributed by atoms with Gasteiger partial charge in [0.1, 0.15) is 11.5 Å². The molecule has 0 amide bonds. The summed E-state index contributed by atoms with van der Waals surface area (Å²) in [5.41, 5.74) is 2.50. The second-order valence-electron chi connectivity index (χ2n) is 4.87. The Bertz CT molecular complexity index is 467. The normalized spacial score (nSPS) is 10.7. The van der Waals surface area contributed by atoms with E-state index >= 15 is 0 Å². The van der Waals surface area contributed by atoms with E-state index in [4.69, 9.17) is 9.47 Å². The molecule has 0 unspecified atom stereocenters. The highest BCUT2D eigenvalue weighted by Gasteiger charge is 2.19. The molecule has 0 aromatic heterocycles. The van der Waals surface area contributed by atoms with Crippen molar-refractivity contribution in [3.63, 3.8) is 0 Å². The van der Waals surface area contributed by atoms with Crippen LogP contribution in [0.5, 0.6) is 11.5 Å². The summed E-state index contributed by atoms with van der Waals surface area (Å²) < 4.78 is 10.7. The molecule has 0 spiro atoms. The first-order valence-corrected chi connectivity index (χ1v) is 6.41. The summed E-state index contributed by atoms with van der Waals surface area (Å²) in [6.07, 6.45) is 0. The largest absolute Gasteiger partial charge is 0.496 e. The van der Waals surface area contributed by atoms with Gasteiger partial charge in [-0.15, -0.1) is 0 Å². The van der Waals surface area contributed by atoms with Gasteiger partial charge >= 0.3 is 0 Å². The van der Waals surface area contributed by atoms with E-state index in [1.807, 2.05) is 27.7 Å².